The Morgan fingerprint density at radius 3 is 2.83 bits per heavy atom. The van der Waals surface area contributed by atoms with Gasteiger partial charge in [-0.05, 0) is 18.6 Å². The molecule has 1 unspecified atom stereocenters. The van der Waals surface area contributed by atoms with E-state index in [1.54, 1.807) is 13.0 Å². The molecule has 1 rings (SSSR count). The standard InChI is InChI=1S/C11H13BrN2O4/c1-2-9(13)11(15)18-6-7-3-4-8(12)5-10(7)14(16)17/h3-5,9H,2,6,13H2,1H3. The van der Waals surface area contributed by atoms with Gasteiger partial charge in [0.05, 0.1) is 10.5 Å². The average molecular weight is 317 g/mol. The molecule has 1 atom stereocenters. The molecule has 18 heavy (non-hydrogen) atoms. The Labute approximate surface area is 112 Å². The molecule has 0 aliphatic carbocycles. The maximum Gasteiger partial charge on any atom is 0.323 e. The Hall–Kier alpha value is -1.47. The number of esters is 1. The third-order valence-corrected chi connectivity index (χ3v) is 2.85. The maximum atomic E-state index is 11.4. The zero-order chi connectivity index (χ0) is 13.7. The molecule has 0 radical (unpaired) electrons. The van der Waals surface area contributed by atoms with Crippen LogP contribution < -0.4 is 5.73 Å². The number of ether oxygens (including phenoxy) is 1. The van der Waals surface area contributed by atoms with Crippen LogP contribution in [0.15, 0.2) is 22.7 Å². The van der Waals surface area contributed by atoms with Crippen molar-refractivity contribution in [2.45, 2.75) is 26.0 Å². The summed E-state index contributed by atoms with van der Waals surface area (Å²) in [6.07, 6.45) is 0.460. The number of halogens is 1. The third kappa shape index (κ3) is 3.78. The van der Waals surface area contributed by atoms with E-state index in [-0.39, 0.29) is 12.3 Å². The molecule has 0 heterocycles. The lowest BCUT2D eigenvalue weighted by Crippen LogP contribution is -2.31. The van der Waals surface area contributed by atoms with Gasteiger partial charge in [-0.15, -0.1) is 0 Å². The average Bonchev–Trinajstić information content (AvgIpc) is 2.35. The monoisotopic (exact) mass is 316 g/mol. The Kier molecular flexibility index (Phi) is 5.24. The first-order valence-corrected chi connectivity index (χ1v) is 6.10. The number of hydrogen-bond acceptors (Lipinski definition) is 5. The minimum Gasteiger partial charge on any atom is -0.459 e. The summed E-state index contributed by atoms with van der Waals surface area (Å²) in [6.45, 7) is 1.60. The summed E-state index contributed by atoms with van der Waals surface area (Å²) in [5.41, 5.74) is 5.72. The fourth-order valence-corrected chi connectivity index (χ4v) is 1.60. The molecular formula is C11H13BrN2O4. The van der Waals surface area contributed by atoms with Crippen LogP contribution in [0.2, 0.25) is 0 Å². The highest BCUT2D eigenvalue weighted by Crippen LogP contribution is 2.24. The fourth-order valence-electron chi connectivity index (χ4n) is 1.25. The minimum absolute atomic E-state index is 0.0951. The quantitative estimate of drug-likeness (QED) is 0.510. The fraction of sp³-hybridized carbons (Fsp3) is 0.364. The predicted molar refractivity (Wildman–Crippen MR) is 68.9 cm³/mol. The molecule has 2 N–H and O–H groups in total. The van der Waals surface area contributed by atoms with Crippen molar-refractivity contribution in [1.29, 1.82) is 0 Å². The highest BCUT2D eigenvalue weighted by Gasteiger charge is 2.17. The summed E-state index contributed by atoms with van der Waals surface area (Å²) in [5, 5.41) is 10.8. The zero-order valence-electron chi connectivity index (χ0n) is 9.76. The van der Waals surface area contributed by atoms with Crippen molar-refractivity contribution in [1.82, 2.24) is 0 Å². The molecule has 6 nitrogen and oxygen atoms in total. The molecule has 0 amide bonds. The van der Waals surface area contributed by atoms with Gasteiger partial charge in [-0.2, -0.15) is 0 Å². The lowest BCUT2D eigenvalue weighted by molar-refractivity contribution is -0.385. The van der Waals surface area contributed by atoms with Crippen LogP contribution in [-0.4, -0.2) is 16.9 Å². The molecule has 0 fully saturated rings. The Bertz CT molecular complexity index is 464. The summed E-state index contributed by atoms with van der Waals surface area (Å²) < 4.78 is 5.52. The van der Waals surface area contributed by atoms with E-state index in [0.717, 1.165) is 0 Å². The minimum atomic E-state index is -0.695. The number of nitro benzene ring substituents is 1. The van der Waals surface area contributed by atoms with Gasteiger partial charge in [-0.3, -0.25) is 14.9 Å². The smallest absolute Gasteiger partial charge is 0.323 e. The van der Waals surface area contributed by atoms with Gasteiger partial charge in [-0.25, -0.2) is 0 Å². The van der Waals surface area contributed by atoms with Crippen molar-refractivity contribution in [2.75, 3.05) is 0 Å². The zero-order valence-corrected chi connectivity index (χ0v) is 11.3. The maximum absolute atomic E-state index is 11.4. The number of hydrogen-bond donors (Lipinski definition) is 1. The Balaban J connectivity index is 2.79. The summed E-state index contributed by atoms with van der Waals surface area (Å²) in [7, 11) is 0. The second-order valence-corrected chi connectivity index (χ2v) is 4.57. The molecule has 0 spiro atoms. The van der Waals surface area contributed by atoms with Crippen molar-refractivity contribution >= 4 is 27.6 Å². The van der Waals surface area contributed by atoms with E-state index >= 15 is 0 Å². The molecule has 0 bridgehead atoms. The van der Waals surface area contributed by atoms with Crippen molar-refractivity contribution in [2.24, 2.45) is 5.73 Å². The first-order valence-electron chi connectivity index (χ1n) is 5.30. The van der Waals surface area contributed by atoms with E-state index in [1.165, 1.54) is 12.1 Å². The van der Waals surface area contributed by atoms with E-state index < -0.39 is 16.9 Å². The molecule has 0 aromatic heterocycles. The molecule has 0 saturated carbocycles. The van der Waals surface area contributed by atoms with Crippen molar-refractivity contribution in [3.8, 4) is 0 Å². The summed E-state index contributed by atoms with van der Waals surface area (Å²) in [5.74, 6) is -0.560. The lowest BCUT2D eigenvalue weighted by Gasteiger charge is -2.09. The highest BCUT2D eigenvalue weighted by atomic mass is 79.9. The van der Waals surface area contributed by atoms with E-state index in [1.807, 2.05) is 0 Å². The first-order chi connectivity index (χ1) is 8.45. The predicted octanol–water partition coefficient (Wildman–Crippen LogP) is 2.14. The van der Waals surface area contributed by atoms with E-state index in [2.05, 4.69) is 15.9 Å². The SMILES string of the molecule is CCC(N)C(=O)OCc1ccc(Br)cc1[N+](=O)[O-]. The topological polar surface area (TPSA) is 95.5 Å². The molecule has 1 aromatic rings. The molecule has 98 valence electrons. The van der Waals surface area contributed by atoms with Gasteiger partial charge in [0.25, 0.3) is 5.69 Å². The van der Waals surface area contributed by atoms with Gasteiger partial charge in [-0.1, -0.05) is 22.9 Å². The number of carbonyl (C=O) groups is 1. The molecule has 7 heteroatoms. The Morgan fingerprint density at radius 2 is 2.28 bits per heavy atom. The summed E-state index contributed by atoms with van der Waals surface area (Å²) >= 11 is 3.15. The first kappa shape index (κ1) is 14.6. The number of carbonyl (C=O) groups excluding carboxylic acids is 1. The number of benzene rings is 1. The second kappa shape index (κ2) is 6.46. The van der Waals surface area contributed by atoms with Gasteiger partial charge in [0, 0.05) is 10.5 Å². The summed E-state index contributed by atoms with van der Waals surface area (Å²) in [4.78, 5) is 21.7. The van der Waals surface area contributed by atoms with Gasteiger partial charge in [0.1, 0.15) is 12.6 Å². The molecule has 0 aliphatic heterocycles. The lowest BCUT2D eigenvalue weighted by atomic mass is 10.2. The van der Waals surface area contributed by atoms with E-state index in [0.29, 0.717) is 16.5 Å². The van der Waals surface area contributed by atoms with Crippen LogP contribution in [0.3, 0.4) is 0 Å². The van der Waals surface area contributed by atoms with Gasteiger partial charge < -0.3 is 10.5 Å². The van der Waals surface area contributed by atoms with Crippen LogP contribution in [0.4, 0.5) is 5.69 Å². The molecule has 0 saturated heterocycles. The van der Waals surface area contributed by atoms with Crippen LogP contribution in [0.25, 0.3) is 0 Å². The molecular weight excluding hydrogens is 304 g/mol. The van der Waals surface area contributed by atoms with Crippen LogP contribution in [0, 0.1) is 10.1 Å². The summed E-state index contributed by atoms with van der Waals surface area (Å²) in [6, 6.07) is 3.85. The van der Waals surface area contributed by atoms with Crippen LogP contribution in [0.1, 0.15) is 18.9 Å². The van der Waals surface area contributed by atoms with Crippen molar-refractivity contribution in [3.05, 3.63) is 38.3 Å². The normalized spacial score (nSPS) is 11.9. The van der Waals surface area contributed by atoms with Gasteiger partial charge in [0.2, 0.25) is 0 Å². The number of nitro groups is 1. The van der Waals surface area contributed by atoms with Crippen LogP contribution in [0.5, 0.6) is 0 Å². The van der Waals surface area contributed by atoms with Gasteiger partial charge >= 0.3 is 5.97 Å². The Morgan fingerprint density at radius 1 is 1.61 bits per heavy atom. The van der Waals surface area contributed by atoms with E-state index in [9.17, 15) is 14.9 Å². The largest absolute Gasteiger partial charge is 0.459 e. The number of rotatable bonds is 5. The van der Waals surface area contributed by atoms with Gasteiger partial charge in [0.15, 0.2) is 0 Å². The van der Waals surface area contributed by atoms with Crippen molar-refractivity contribution < 1.29 is 14.5 Å². The van der Waals surface area contributed by atoms with Crippen LogP contribution in [-0.2, 0) is 16.1 Å². The second-order valence-electron chi connectivity index (χ2n) is 3.65. The highest BCUT2D eigenvalue weighted by molar-refractivity contribution is 9.10. The van der Waals surface area contributed by atoms with Crippen molar-refractivity contribution in [3.63, 3.8) is 0 Å². The van der Waals surface area contributed by atoms with E-state index in [4.69, 9.17) is 10.5 Å². The number of nitrogens with two attached hydrogens (primary N) is 1. The number of nitrogens with zero attached hydrogens (tertiary/aromatic N) is 1. The molecule has 0 aliphatic rings. The third-order valence-electron chi connectivity index (χ3n) is 2.36. The van der Waals surface area contributed by atoms with Crippen LogP contribution >= 0.6 is 15.9 Å². The molecule has 1 aromatic carbocycles.